The van der Waals surface area contributed by atoms with E-state index in [1.807, 2.05) is 30.5 Å². The molecule has 0 saturated carbocycles. The topological polar surface area (TPSA) is 68.1 Å². The number of imidazole rings is 1. The number of H-pyrrole nitrogens is 1. The van der Waals surface area contributed by atoms with Crippen molar-refractivity contribution in [3.63, 3.8) is 0 Å². The Labute approximate surface area is 104 Å². The summed E-state index contributed by atoms with van der Waals surface area (Å²) in [7, 11) is 0. The van der Waals surface area contributed by atoms with E-state index in [0.717, 1.165) is 11.4 Å². The molecule has 6 heteroatoms. The molecule has 3 rings (SSSR count). The maximum atomic E-state index is 5.64. The van der Waals surface area contributed by atoms with Gasteiger partial charge in [0.1, 0.15) is 0 Å². The fraction of sp³-hybridized carbons (Fsp3) is 0.250. The van der Waals surface area contributed by atoms with E-state index < -0.39 is 0 Å². The summed E-state index contributed by atoms with van der Waals surface area (Å²) in [4.78, 5) is 8.57. The summed E-state index contributed by atoms with van der Waals surface area (Å²) in [6.45, 7) is 3.92. The van der Waals surface area contributed by atoms with E-state index in [1.54, 1.807) is 18.6 Å². The van der Waals surface area contributed by atoms with Crippen LogP contribution < -0.4 is 4.74 Å². The molecule has 0 atom stereocenters. The number of hydrogen-bond donors (Lipinski definition) is 1. The summed E-state index contributed by atoms with van der Waals surface area (Å²) >= 11 is 0. The summed E-state index contributed by atoms with van der Waals surface area (Å²) in [5.41, 5.74) is 2.54. The molecule has 0 saturated heterocycles. The molecule has 0 spiro atoms. The van der Waals surface area contributed by atoms with Crippen molar-refractivity contribution >= 4 is 5.65 Å². The molecule has 0 aliphatic rings. The predicted octanol–water partition coefficient (Wildman–Crippen LogP) is 1.91. The lowest BCUT2D eigenvalue weighted by Crippen LogP contribution is -2.08. The summed E-state index contributed by atoms with van der Waals surface area (Å²) in [6, 6.07) is 1.90. The fourth-order valence-corrected chi connectivity index (χ4v) is 1.80. The minimum atomic E-state index is 0.0657. The zero-order valence-corrected chi connectivity index (χ0v) is 10.2. The van der Waals surface area contributed by atoms with Gasteiger partial charge >= 0.3 is 0 Å². The number of aromatic amines is 1. The molecule has 0 aliphatic carbocycles. The second kappa shape index (κ2) is 4.14. The van der Waals surface area contributed by atoms with Crippen LogP contribution in [0, 0.1) is 0 Å². The quantitative estimate of drug-likeness (QED) is 0.763. The Balaban J connectivity index is 2.15. The first-order valence-corrected chi connectivity index (χ1v) is 5.74. The smallest absolute Gasteiger partial charge is 0.258 e. The first kappa shape index (κ1) is 10.8. The van der Waals surface area contributed by atoms with Crippen LogP contribution in [0.4, 0.5) is 0 Å². The van der Waals surface area contributed by atoms with Gasteiger partial charge in [-0.1, -0.05) is 0 Å². The number of ether oxygens (including phenoxy) is 1. The van der Waals surface area contributed by atoms with Gasteiger partial charge in [-0.3, -0.25) is 9.50 Å². The van der Waals surface area contributed by atoms with E-state index >= 15 is 0 Å². The van der Waals surface area contributed by atoms with Crippen molar-refractivity contribution in [2.24, 2.45) is 0 Å². The summed E-state index contributed by atoms with van der Waals surface area (Å²) < 4.78 is 7.57. The Morgan fingerprint density at radius 1 is 1.28 bits per heavy atom. The van der Waals surface area contributed by atoms with Gasteiger partial charge in [-0.15, -0.1) is 0 Å². The standard InChI is InChI=1S/C12H13N5O/c1-8(2)18-12-11-14-7-10(9-3-4-15-16-9)17(11)6-5-13-12/h3-8H,1-2H3,(H,15,16). The van der Waals surface area contributed by atoms with E-state index in [-0.39, 0.29) is 6.10 Å². The lowest BCUT2D eigenvalue weighted by Gasteiger charge is -2.09. The SMILES string of the molecule is CC(C)Oc1nccn2c(-c3ccn[nH]3)cnc12. The largest absolute Gasteiger partial charge is 0.472 e. The van der Waals surface area contributed by atoms with Gasteiger partial charge < -0.3 is 4.74 Å². The number of fused-ring (bicyclic) bond motifs is 1. The molecule has 0 unspecified atom stereocenters. The second-order valence-corrected chi connectivity index (χ2v) is 4.21. The lowest BCUT2D eigenvalue weighted by atomic mass is 10.3. The number of nitrogens with zero attached hydrogens (tertiary/aromatic N) is 4. The zero-order chi connectivity index (χ0) is 12.5. The molecule has 18 heavy (non-hydrogen) atoms. The third-order valence-electron chi connectivity index (χ3n) is 2.52. The van der Waals surface area contributed by atoms with Crippen LogP contribution in [-0.2, 0) is 0 Å². The van der Waals surface area contributed by atoms with Gasteiger partial charge in [0.2, 0.25) is 5.65 Å². The Hall–Kier alpha value is -2.37. The first-order valence-electron chi connectivity index (χ1n) is 5.74. The van der Waals surface area contributed by atoms with Crippen LogP contribution in [-0.4, -0.2) is 30.7 Å². The number of aromatic nitrogens is 5. The van der Waals surface area contributed by atoms with Gasteiger partial charge in [-0.2, -0.15) is 5.10 Å². The molecule has 0 fully saturated rings. The molecular formula is C12H13N5O. The van der Waals surface area contributed by atoms with E-state index in [9.17, 15) is 0 Å². The molecular weight excluding hydrogens is 230 g/mol. The van der Waals surface area contributed by atoms with Crippen LogP contribution in [0.25, 0.3) is 17.0 Å². The van der Waals surface area contributed by atoms with Gasteiger partial charge in [0.25, 0.3) is 5.88 Å². The molecule has 1 N–H and O–H groups in total. The van der Waals surface area contributed by atoms with E-state index in [4.69, 9.17) is 4.74 Å². The monoisotopic (exact) mass is 243 g/mol. The summed E-state index contributed by atoms with van der Waals surface area (Å²) in [5, 5.41) is 6.86. The van der Waals surface area contributed by atoms with Crippen molar-refractivity contribution in [1.82, 2.24) is 24.6 Å². The van der Waals surface area contributed by atoms with Gasteiger partial charge in [-0.05, 0) is 19.9 Å². The van der Waals surface area contributed by atoms with Crippen LogP contribution in [0.5, 0.6) is 5.88 Å². The average molecular weight is 243 g/mol. The van der Waals surface area contributed by atoms with Crippen molar-refractivity contribution in [1.29, 1.82) is 0 Å². The van der Waals surface area contributed by atoms with Crippen LogP contribution in [0.2, 0.25) is 0 Å². The third-order valence-corrected chi connectivity index (χ3v) is 2.52. The second-order valence-electron chi connectivity index (χ2n) is 4.21. The molecule has 0 aromatic carbocycles. The number of nitrogens with one attached hydrogen (secondary N) is 1. The Morgan fingerprint density at radius 3 is 2.89 bits per heavy atom. The summed E-state index contributed by atoms with van der Waals surface area (Å²) in [6.07, 6.45) is 7.10. The minimum Gasteiger partial charge on any atom is -0.472 e. The highest BCUT2D eigenvalue weighted by Crippen LogP contribution is 2.23. The van der Waals surface area contributed by atoms with E-state index in [1.165, 1.54) is 0 Å². The first-order chi connectivity index (χ1) is 8.75. The van der Waals surface area contributed by atoms with E-state index in [2.05, 4.69) is 20.2 Å². The lowest BCUT2D eigenvalue weighted by molar-refractivity contribution is 0.234. The van der Waals surface area contributed by atoms with Crippen molar-refractivity contribution in [3.8, 4) is 17.3 Å². The van der Waals surface area contributed by atoms with Gasteiger partial charge in [-0.25, -0.2) is 9.97 Å². The maximum Gasteiger partial charge on any atom is 0.258 e. The van der Waals surface area contributed by atoms with E-state index in [0.29, 0.717) is 11.5 Å². The Bertz CT molecular complexity index is 656. The highest BCUT2D eigenvalue weighted by atomic mass is 16.5. The maximum absolute atomic E-state index is 5.64. The molecule has 92 valence electrons. The van der Waals surface area contributed by atoms with Crippen molar-refractivity contribution in [2.75, 3.05) is 0 Å². The third kappa shape index (κ3) is 1.71. The number of rotatable bonds is 3. The summed E-state index contributed by atoms with van der Waals surface area (Å²) in [5.74, 6) is 0.540. The van der Waals surface area contributed by atoms with Crippen molar-refractivity contribution in [3.05, 3.63) is 30.9 Å². The molecule has 0 aliphatic heterocycles. The minimum absolute atomic E-state index is 0.0657. The molecule has 3 heterocycles. The van der Waals surface area contributed by atoms with Crippen LogP contribution in [0.15, 0.2) is 30.9 Å². The van der Waals surface area contributed by atoms with Gasteiger partial charge in [0.05, 0.1) is 23.7 Å². The van der Waals surface area contributed by atoms with Crippen molar-refractivity contribution < 1.29 is 4.74 Å². The van der Waals surface area contributed by atoms with Gasteiger partial charge in [0.15, 0.2) is 0 Å². The molecule has 3 aromatic heterocycles. The molecule has 0 bridgehead atoms. The Morgan fingerprint density at radius 2 is 2.17 bits per heavy atom. The highest BCUT2D eigenvalue weighted by Gasteiger charge is 2.12. The zero-order valence-electron chi connectivity index (χ0n) is 10.2. The van der Waals surface area contributed by atoms with Crippen LogP contribution in [0.1, 0.15) is 13.8 Å². The van der Waals surface area contributed by atoms with Crippen LogP contribution >= 0.6 is 0 Å². The predicted molar refractivity (Wildman–Crippen MR) is 66.3 cm³/mol. The highest BCUT2D eigenvalue weighted by molar-refractivity contribution is 5.62. The molecule has 0 radical (unpaired) electrons. The average Bonchev–Trinajstić information content (AvgIpc) is 2.96. The van der Waals surface area contributed by atoms with Crippen LogP contribution in [0.3, 0.4) is 0 Å². The normalized spacial score (nSPS) is 11.3. The molecule has 6 nitrogen and oxygen atoms in total. The fourth-order valence-electron chi connectivity index (χ4n) is 1.80. The Kier molecular flexibility index (Phi) is 2.47. The molecule has 3 aromatic rings. The van der Waals surface area contributed by atoms with Crippen molar-refractivity contribution in [2.45, 2.75) is 20.0 Å². The van der Waals surface area contributed by atoms with Gasteiger partial charge in [0, 0.05) is 18.6 Å². The molecule has 0 amide bonds. The number of hydrogen-bond acceptors (Lipinski definition) is 4.